The second-order valence-electron chi connectivity index (χ2n) is 2.96. The van der Waals surface area contributed by atoms with Crippen LogP contribution in [0.25, 0.3) is 0 Å². The Morgan fingerprint density at radius 1 is 1.58 bits per heavy atom. The highest BCUT2D eigenvalue weighted by Crippen LogP contribution is 2.50. The standard InChI is InChI=1S/C7H16NO3P/c1-2-11-12(9,10)7-3-5-8-6-4-7/h7-8H,2-6H2,1H3,(H,9,10). The lowest BCUT2D eigenvalue weighted by molar-refractivity contribution is 0.256. The van der Waals surface area contributed by atoms with Gasteiger partial charge in [0.1, 0.15) is 0 Å². The molecule has 2 N–H and O–H groups in total. The van der Waals surface area contributed by atoms with Crippen molar-refractivity contribution in [2.24, 2.45) is 0 Å². The van der Waals surface area contributed by atoms with Crippen LogP contribution in [-0.4, -0.2) is 30.2 Å². The van der Waals surface area contributed by atoms with Gasteiger partial charge in [0.25, 0.3) is 0 Å². The maximum atomic E-state index is 11.5. The van der Waals surface area contributed by atoms with Crippen LogP contribution in [-0.2, 0) is 9.09 Å². The summed E-state index contributed by atoms with van der Waals surface area (Å²) in [5, 5.41) is 3.14. The Balaban J connectivity index is 2.48. The minimum Gasteiger partial charge on any atom is -0.324 e. The summed E-state index contributed by atoms with van der Waals surface area (Å²) in [6.45, 7) is 3.70. The van der Waals surface area contributed by atoms with E-state index in [-0.39, 0.29) is 5.66 Å². The molecule has 0 aromatic rings. The Morgan fingerprint density at radius 3 is 2.67 bits per heavy atom. The third-order valence-corrected chi connectivity index (χ3v) is 4.15. The Bertz CT molecular complexity index is 179. The van der Waals surface area contributed by atoms with Crippen LogP contribution in [0.3, 0.4) is 0 Å². The summed E-state index contributed by atoms with van der Waals surface area (Å²) in [6, 6.07) is 0. The molecule has 0 amide bonds. The van der Waals surface area contributed by atoms with Crippen LogP contribution in [0.15, 0.2) is 0 Å². The molecule has 0 aromatic heterocycles. The van der Waals surface area contributed by atoms with E-state index in [1.165, 1.54) is 0 Å². The minimum atomic E-state index is -3.31. The molecule has 0 spiro atoms. The van der Waals surface area contributed by atoms with Gasteiger partial charge in [-0.1, -0.05) is 0 Å². The normalized spacial score (nSPS) is 25.2. The van der Waals surface area contributed by atoms with Crippen molar-refractivity contribution in [1.29, 1.82) is 0 Å². The Morgan fingerprint density at radius 2 is 2.17 bits per heavy atom. The van der Waals surface area contributed by atoms with Crippen molar-refractivity contribution in [1.82, 2.24) is 5.32 Å². The van der Waals surface area contributed by atoms with Crippen molar-refractivity contribution < 1.29 is 14.0 Å². The third-order valence-electron chi connectivity index (χ3n) is 2.08. The van der Waals surface area contributed by atoms with Crippen LogP contribution in [0.4, 0.5) is 0 Å². The van der Waals surface area contributed by atoms with Gasteiger partial charge < -0.3 is 14.7 Å². The van der Waals surface area contributed by atoms with E-state index in [1.54, 1.807) is 6.92 Å². The zero-order valence-corrected chi connectivity index (χ0v) is 8.22. The maximum absolute atomic E-state index is 11.5. The van der Waals surface area contributed by atoms with Gasteiger partial charge in [-0.3, -0.25) is 4.57 Å². The van der Waals surface area contributed by atoms with Crippen LogP contribution >= 0.6 is 7.60 Å². The molecule has 1 rings (SSSR count). The lowest BCUT2D eigenvalue weighted by atomic mass is 10.2. The van der Waals surface area contributed by atoms with Gasteiger partial charge in [-0.15, -0.1) is 0 Å². The summed E-state index contributed by atoms with van der Waals surface area (Å²) in [4.78, 5) is 9.44. The van der Waals surface area contributed by atoms with Gasteiger partial charge in [-0.25, -0.2) is 0 Å². The quantitative estimate of drug-likeness (QED) is 0.655. The van der Waals surface area contributed by atoms with Crippen LogP contribution in [0.1, 0.15) is 19.8 Å². The topological polar surface area (TPSA) is 58.6 Å². The Hall–Kier alpha value is 0.110. The highest BCUT2D eigenvalue weighted by molar-refractivity contribution is 7.53. The molecule has 1 heterocycles. The number of hydrogen-bond acceptors (Lipinski definition) is 3. The van der Waals surface area contributed by atoms with Crippen molar-refractivity contribution in [3.8, 4) is 0 Å². The average Bonchev–Trinajstić information content (AvgIpc) is 2.06. The SMILES string of the molecule is CCOP(=O)(O)C1CCNCC1. The van der Waals surface area contributed by atoms with Crippen LogP contribution in [0.5, 0.6) is 0 Å². The first-order chi connectivity index (χ1) is 5.67. The maximum Gasteiger partial charge on any atom is 0.331 e. The van der Waals surface area contributed by atoms with Gasteiger partial charge in [-0.2, -0.15) is 0 Å². The molecule has 0 aromatic carbocycles. The summed E-state index contributed by atoms with van der Waals surface area (Å²) >= 11 is 0. The van der Waals surface area contributed by atoms with Crippen molar-refractivity contribution in [2.75, 3.05) is 19.7 Å². The predicted molar refractivity (Wildman–Crippen MR) is 47.3 cm³/mol. The molecule has 4 nitrogen and oxygen atoms in total. The molecule has 12 heavy (non-hydrogen) atoms. The van der Waals surface area contributed by atoms with E-state index in [4.69, 9.17) is 4.52 Å². The largest absolute Gasteiger partial charge is 0.331 e. The molecule has 1 unspecified atom stereocenters. The van der Waals surface area contributed by atoms with Crippen LogP contribution < -0.4 is 5.32 Å². The number of piperidine rings is 1. The summed E-state index contributed by atoms with van der Waals surface area (Å²) in [5.41, 5.74) is -0.154. The van der Waals surface area contributed by atoms with E-state index >= 15 is 0 Å². The Kier molecular flexibility index (Phi) is 3.72. The molecular weight excluding hydrogens is 177 g/mol. The lowest BCUT2D eigenvalue weighted by Gasteiger charge is -2.25. The third kappa shape index (κ3) is 2.56. The highest BCUT2D eigenvalue weighted by atomic mass is 31.2. The predicted octanol–water partition coefficient (Wildman–Crippen LogP) is 0.960. The fourth-order valence-corrected chi connectivity index (χ4v) is 2.91. The van der Waals surface area contributed by atoms with Gasteiger partial charge in [0, 0.05) is 0 Å². The van der Waals surface area contributed by atoms with Crippen LogP contribution in [0, 0.1) is 0 Å². The highest BCUT2D eigenvalue weighted by Gasteiger charge is 2.32. The molecule has 0 aliphatic carbocycles. The smallest absolute Gasteiger partial charge is 0.324 e. The average molecular weight is 193 g/mol. The van der Waals surface area contributed by atoms with Gasteiger partial charge in [-0.05, 0) is 32.9 Å². The molecule has 1 aliphatic rings. The zero-order valence-electron chi connectivity index (χ0n) is 7.32. The van der Waals surface area contributed by atoms with Crippen molar-refractivity contribution >= 4 is 7.60 Å². The molecular formula is C7H16NO3P. The summed E-state index contributed by atoms with van der Waals surface area (Å²) in [5.74, 6) is 0. The fourth-order valence-electron chi connectivity index (χ4n) is 1.42. The molecule has 1 atom stereocenters. The van der Waals surface area contributed by atoms with E-state index in [1.807, 2.05) is 0 Å². The van der Waals surface area contributed by atoms with E-state index in [0.717, 1.165) is 25.9 Å². The van der Waals surface area contributed by atoms with E-state index in [0.29, 0.717) is 6.61 Å². The van der Waals surface area contributed by atoms with Crippen molar-refractivity contribution in [3.05, 3.63) is 0 Å². The summed E-state index contributed by atoms with van der Waals surface area (Å²) in [6.07, 6.45) is 1.49. The zero-order chi connectivity index (χ0) is 9.03. The summed E-state index contributed by atoms with van der Waals surface area (Å²) < 4.78 is 16.3. The number of hydrogen-bond donors (Lipinski definition) is 2. The Labute approximate surface area is 72.8 Å². The second kappa shape index (κ2) is 4.38. The molecule has 1 saturated heterocycles. The van der Waals surface area contributed by atoms with Crippen molar-refractivity contribution in [3.63, 3.8) is 0 Å². The molecule has 0 bridgehead atoms. The van der Waals surface area contributed by atoms with E-state index < -0.39 is 7.60 Å². The molecule has 0 radical (unpaired) electrons. The fraction of sp³-hybridized carbons (Fsp3) is 1.00. The number of rotatable bonds is 3. The van der Waals surface area contributed by atoms with Crippen molar-refractivity contribution in [2.45, 2.75) is 25.4 Å². The first-order valence-corrected chi connectivity index (χ1v) is 5.99. The van der Waals surface area contributed by atoms with Gasteiger partial charge in [0.05, 0.1) is 12.3 Å². The molecule has 72 valence electrons. The van der Waals surface area contributed by atoms with Gasteiger partial charge in [0.2, 0.25) is 0 Å². The molecule has 5 heteroatoms. The molecule has 1 fully saturated rings. The van der Waals surface area contributed by atoms with Crippen LogP contribution in [0.2, 0.25) is 0 Å². The van der Waals surface area contributed by atoms with E-state index in [2.05, 4.69) is 5.32 Å². The number of nitrogens with one attached hydrogen (secondary N) is 1. The van der Waals surface area contributed by atoms with E-state index in [9.17, 15) is 9.46 Å². The lowest BCUT2D eigenvalue weighted by Crippen LogP contribution is -2.31. The monoisotopic (exact) mass is 193 g/mol. The first-order valence-electron chi connectivity index (χ1n) is 4.34. The van der Waals surface area contributed by atoms with Gasteiger partial charge in [0.15, 0.2) is 0 Å². The summed E-state index contributed by atoms with van der Waals surface area (Å²) in [7, 11) is -3.31. The first kappa shape index (κ1) is 10.2. The second-order valence-corrected chi connectivity index (χ2v) is 5.08. The molecule has 1 aliphatic heterocycles. The van der Waals surface area contributed by atoms with Gasteiger partial charge >= 0.3 is 7.60 Å². The molecule has 0 saturated carbocycles. The minimum absolute atomic E-state index is 0.154.